The van der Waals surface area contributed by atoms with Gasteiger partial charge < -0.3 is 30.3 Å². The molecule has 4 aromatic rings. The fraction of sp³-hybridized carbons (Fsp3) is 0.250. The molecule has 0 saturated carbocycles. The van der Waals surface area contributed by atoms with Crippen molar-refractivity contribution in [2.24, 2.45) is 5.73 Å². The zero-order valence-corrected chi connectivity index (χ0v) is 26.1. The summed E-state index contributed by atoms with van der Waals surface area (Å²) in [5.74, 6) is -5.40. The summed E-state index contributed by atoms with van der Waals surface area (Å²) in [6.07, 6.45) is -10.4. The Balaban J connectivity index is 0.000000500. The topological polar surface area (TPSA) is 159 Å². The molecule has 0 fully saturated rings. The van der Waals surface area contributed by atoms with E-state index in [1.165, 1.54) is 0 Å². The van der Waals surface area contributed by atoms with E-state index in [2.05, 4.69) is 0 Å². The number of para-hydroxylation sites is 1. The van der Waals surface area contributed by atoms with Crippen molar-refractivity contribution in [3.63, 3.8) is 0 Å². The van der Waals surface area contributed by atoms with Crippen LogP contribution in [0.25, 0.3) is 10.9 Å². The van der Waals surface area contributed by atoms with Crippen LogP contribution in [0.1, 0.15) is 32.0 Å². The predicted octanol–water partition coefficient (Wildman–Crippen LogP) is 7.45. The number of fused-ring (bicyclic) bond motifs is 1. The molecule has 10 nitrogen and oxygen atoms in total. The second-order valence-electron chi connectivity index (χ2n) is 10.0. The number of alkyl halides is 6. The Kier molecular flexibility index (Phi) is 13.7. The number of amidine groups is 1. The molecular weight excluding hydrogens is 669 g/mol. The molecule has 0 bridgehead atoms. The van der Waals surface area contributed by atoms with Gasteiger partial charge in [-0.15, -0.1) is 0 Å². The maximum absolute atomic E-state index is 15.9. The number of halogens is 7. The molecule has 0 saturated heterocycles. The number of nitrogens with two attached hydrogens (primary N) is 1. The monoisotopic (exact) mass is 700 g/mol. The first-order valence-electron chi connectivity index (χ1n) is 14.0. The Bertz CT molecular complexity index is 1720. The van der Waals surface area contributed by atoms with Gasteiger partial charge in [0, 0.05) is 28.8 Å². The van der Waals surface area contributed by atoms with Crippen molar-refractivity contribution in [3.05, 3.63) is 89.9 Å². The van der Waals surface area contributed by atoms with Crippen LogP contribution >= 0.6 is 0 Å². The van der Waals surface area contributed by atoms with Crippen molar-refractivity contribution < 1.29 is 60.0 Å². The van der Waals surface area contributed by atoms with Gasteiger partial charge in [0.05, 0.1) is 36.2 Å². The summed E-state index contributed by atoms with van der Waals surface area (Å²) in [5, 5.41) is 23.0. The maximum atomic E-state index is 15.9. The largest absolute Gasteiger partial charge is 0.494 e. The van der Waals surface area contributed by atoms with E-state index in [0.717, 1.165) is 16.6 Å². The molecule has 49 heavy (non-hydrogen) atoms. The number of carboxylic acid groups (broad SMARTS) is 2. The Labute approximate surface area is 275 Å². The van der Waals surface area contributed by atoms with Gasteiger partial charge in [-0.3, -0.25) is 10.4 Å². The molecule has 0 radical (unpaired) electrons. The second-order valence-corrected chi connectivity index (χ2v) is 10.0. The van der Waals surface area contributed by atoms with Crippen molar-refractivity contribution in [1.82, 2.24) is 4.98 Å². The highest BCUT2D eigenvalue weighted by Crippen LogP contribution is 2.38. The van der Waals surface area contributed by atoms with Gasteiger partial charge in [0.25, 0.3) is 0 Å². The second kappa shape index (κ2) is 17.0. The molecule has 4 rings (SSSR count). The number of pyridine rings is 1. The van der Waals surface area contributed by atoms with E-state index in [1.54, 1.807) is 24.3 Å². The lowest BCUT2D eigenvalue weighted by atomic mass is 10.1. The normalized spacial score (nSPS) is 11.1. The fourth-order valence-corrected chi connectivity index (χ4v) is 3.84. The van der Waals surface area contributed by atoms with E-state index in [4.69, 9.17) is 45.4 Å². The van der Waals surface area contributed by atoms with E-state index < -0.39 is 30.1 Å². The molecule has 5 N–H and O–H groups in total. The number of nitrogen functional groups attached to an aromatic ring is 1. The van der Waals surface area contributed by atoms with E-state index >= 15 is 4.39 Å². The first-order valence-corrected chi connectivity index (χ1v) is 14.0. The fourth-order valence-electron chi connectivity index (χ4n) is 3.84. The number of anilines is 2. The van der Waals surface area contributed by atoms with Crippen molar-refractivity contribution in [1.29, 1.82) is 5.41 Å². The van der Waals surface area contributed by atoms with Crippen LogP contribution in [0.2, 0.25) is 0 Å². The molecule has 0 aliphatic heterocycles. The minimum Gasteiger partial charge on any atom is -0.494 e. The highest BCUT2D eigenvalue weighted by atomic mass is 19.4. The Morgan fingerprint density at radius 2 is 1.47 bits per heavy atom. The van der Waals surface area contributed by atoms with Crippen molar-refractivity contribution >= 4 is 40.1 Å². The van der Waals surface area contributed by atoms with Gasteiger partial charge in [0.15, 0.2) is 11.6 Å². The molecule has 264 valence electrons. The lowest BCUT2D eigenvalue weighted by Gasteiger charge is -2.27. The number of hydrogen-bond acceptors (Lipinski definition) is 7. The molecule has 0 unspecified atom stereocenters. The molecule has 0 spiro atoms. The van der Waals surface area contributed by atoms with E-state index in [-0.39, 0.29) is 17.7 Å². The van der Waals surface area contributed by atoms with Gasteiger partial charge in [-0.05, 0) is 57.2 Å². The minimum atomic E-state index is -5.08. The molecule has 17 heteroatoms. The van der Waals surface area contributed by atoms with Gasteiger partial charge >= 0.3 is 24.3 Å². The number of ether oxygens (including phenoxy) is 2. The summed E-state index contributed by atoms with van der Waals surface area (Å²) in [6, 6.07) is 22.2. The van der Waals surface area contributed by atoms with Gasteiger partial charge in [-0.1, -0.05) is 24.3 Å². The minimum absolute atomic E-state index is 0.0311. The average Bonchev–Trinajstić information content (AvgIpc) is 3.01. The van der Waals surface area contributed by atoms with Crippen LogP contribution in [0.4, 0.5) is 42.1 Å². The summed E-state index contributed by atoms with van der Waals surface area (Å²) in [4.78, 5) is 24.4. The molecular formula is C32H31F7N4O6. The number of carboxylic acids is 2. The van der Waals surface area contributed by atoms with Crippen molar-refractivity contribution in [2.75, 3.05) is 11.5 Å². The number of aliphatic carboxylic acids is 2. The molecule has 0 aliphatic rings. The van der Waals surface area contributed by atoms with Gasteiger partial charge in [-0.2, -0.15) is 26.3 Å². The first kappa shape index (κ1) is 39.6. The van der Waals surface area contributed by atoms with Crippen molar-refractivity contribution in [2.45, 2.75) is 45.8 Å². The highest BCUT2D eigenvalue weighted by molar-refractivity contribution is 5.95. The molecule has 0 aliphatic carbocycles. The van der Waals surface area contributed by atoms with Crippen LogP contribution in [0.5, 0.6) is 11.5 Å². The zero-order valence-electron chi connectivity index (χ0n) is 26.1. The van der Waals surface area contributed by atoms with Crippen LogP contribution in [-0.4, -0.2) is 58.0 Å². The molecule has 0 atom stereocenters. The van der Waals surface area contributed by atoms with Gasteiger partial charge in [0.1, 0.15) is 11.6 Å². The van der Waals surface area contributed by atoms with E-state index in [9.17, 15) is 26.3 Å². The quantitative estimate of drug-likeness (QED) is 0.0791. The number of benzene rings is 3. The number of hydrogen-bond donors (Lipinski definition) is 4. The standard InChI is InChI=1S/C28H29FN4O2.2C2HF3O2/c1-4-34-23-15-25(27(29)26(16-23)35-18(2)3)33(22-13-10-20(11-14-22)28(30)31)17-21-12-9-19-7-5-6-8-24(19)32-21;2*3-2(4,5)1(6)7/h5-16,18H,4,17H2,1-3H3,(H3,30,31);2*(H,6,7). The van der Waals surface area contributed by atoms with E-state index in [1.807, 2.05) is 74.2 Å². The lowest BCUT2D eigenvalue weighted by Crippen LogP contribution is -2.21. The van der Waals surface area contributed by atoms with Gasteiger partial charge in [-0.25, -0.2) is 14.0 Å². The summed E-state index contributed by atoms with van der Waals surface area (Å²) in [6.45, 7) is 6.32. The third-order valence-electron chi connectivity index (χ3n) is 5.91. The third-order valence-corrected chi connectivity index (χ3v) is 5.91. The Morgan fingerprint density at radius 1 is 0.918 bits per heavy atom. The van der Waals surface area contributed by atoms with E-state index in [0.29, 0.717) is 35.8 Å². The number of carbonyl (C=O) groups is 2. The maximum Gasteiger partial charge on any atom is 0.490 e. The SMILES string of the molecule is CCOc1cc(OC(C)C)c(F)c(N(Cc2ccc3ccccc3n2)c2ccc(C(=N)N)cc2)c1.O=C(O)C(F)(F)F.O=C(O)C(F)(F)F. The number of nitrogens with one attached hydrogen (secondary N) is 1. The Hall–Kier alpha value is -5.61. The van der Waals surface area contributed by atoms with Crippen LogP contribution in [-0.2, 0) is 16.1 Å². The smallest absolute Gasteiger partial charge is 0.490 e. The number of nitrogens with zero attached hydrogens (tertiary/aromatic N) is 2. The summed E-state index contributed by atoms with van der Waals surface area (Å²) >= 11 is 0. The average molecular weight is 701 g/mol. The molecule has 0 amide bonds. The molecule has 1 aromatic heterocycles. The van der Waals surface area contributed by atoms with Crippen LogP contribution in [0.3, 0.4) is 0 Å². The van der Waals surface area contributed by atoms with Crippen LogP contribution < -0.4 is 20.1 Å². The summed E-state index contributed by atoms with van der Waals surface area (Å²) < 4.78 is 90.8. The summed E-state index contributed by atoms with van der Waals surface area (Å²) in [7, 11) is 0. The lowest BCUT2D eigenvalue weighted by molar-refractivity contribution is -0.193. The zero-order chi connectivity index (χ0) is 37.1. The van der Waals surface area contributed by atoms with Gasteiger partial charge in [0.2, 0.25) is 0 Å². The predicted molar refractivity (Wildman–Crippen MR) is 166 cm³/mol. The number of rotatable bonds is 9. The molecule has 1 heterocycles. The first-order chi connectivity index (χ1) is 22.7. The van der Waals surface area contributed by atoms with Crippen LogP contribution in [0.15, 0.2) is 72.8 Å². The molecule has 3 aromatic carbocycles. The van der Waals surface area contributed by atoms with Crippen LogP contribution in [0, 0.1) is 11.2 Å². The highest BCUT2D eigenvalue weighted by Gasteiger charge is 2.38. The van der Waals surface area contributed by atoms with Crippen molar-refractivity contribution in [3.8, 4) is 11.5 Å². The third kappa shape index (κ3) is 12.2. The summed E-state index contributed by atoms with van der Waals surface area (Å²) in [5.41, 5.74) is 8.88. The number of aromatic nitrogens is 1. The Morgan fingerprint density at radius 3 is 1.96 bits per heavy atom.